The summed E-state index contributed by atoms with van der Waals surface area (Å²) in [5, 5.41) is 2.07. The highest BCUT2D eigenvalue weighted by Crippen LogP contribution is 2.34. The number of hydrogen-bond donors (Lipinski definition) is 0. The van der Waals surface area contributed by atoms with Crippen molar-refractivity contribution >= 4 is 10.8 Å². The second kappa shape index (κ2) is 5.61. The maximum Gasteiger partial charge on any atom is 0.170 e. The molecule has 0 aliphatic carbocycles. The van der Waals surface area contributed by atoms with Crippen LogP contribution in [0.15, 0.2) is 54.9 Å². The first kappa shape index (κ1) is 12.5. The summed E-state index contributed by atoms with van der Waals surface area (Å²) in [6.07, 6.45) is 3.38. The van der Waals surface area contributed by atoms with Crippen LogP contribution in [-0.4, -0.2) is 11.6 Å². The Morgan fingerprint density at radius 3 is 2.85 bits per heavy atom. The molecule has 0 unspecified atom stereocenters. The molecule has 0 amide bonds. The molecule has 0 aliphatic heterocycles. The van der Waals surface area contributed by atoms with Crippen molar-refractivity contribution in [2.24, 2.45) is 0 Å². The Kier molecular flexibility index (Phi) is 3.50. The first-order valence-corrected chi connectivity index (χ1v) is 6.52. The van der Waals surface area contributed by atoms with Crippen LogP contribution in [0.25, 0.3) is 10.8 Å². The minimum Gasteiger partial charge on any atom is -0.489 e. The Morgan fingerprint density at radius 2 is 2.05 bits per heavy atom. The van der Waals surface area contributed by atoms with Gasteiger partial charge in [0.1, 0.15) is 5.75 Å². The number of benzene rings is 2. The molecule has 1 aromatic heterocycles. The van der Waals surface area contributed by atoms with Crippen LogP contribution in [0.1, 0.15) is 6.92 Å². The predicted octanol–water partition coefficient (Wildman–Crippen LogP) is 4.23. The van der Waals surface area contributed by atoms with Crippen molar-refractivity contribution in [3.63, 3.8) is 0 Å². The van der Waals surface area contributed by atoms with Crippen molar-refractivity contribution in [3.8, 4) is 17.2 Å². The maximum absolute atomic E-state index is 5.85. The molecule has 3 rings (SSSR count). The fourth-order valence-corrected chi connectivity index (χ4v) is 1.99. The van der Waals surface area contributed by atoms with Crippen molar-refractivity contribution in [2.75, 3.05) is 6.61 Å². The van der Waals surface area contributed by atoms with Gasteiger partial charge in [0.05, 0.1) is 12.8 Å². The molecule has 0 fully saturated rings. The summed E-state index contributed by atoms with van der Waals surface area (Å²) in [6, 6.07) is 16.9. The largest absolute Gasteiger partial charge is 0.489 e. The predicted molar refractivity (Wildman–Crippen MR) is 78.3 cm³/mol. The van der Waals surface area contributed by atoms with Crippen LogP contribution in [-0.2, 0) is 0 Å². The zero-order valence-corrected chi connectivity index (χ0v) is 11.2. The summed E-state index contributed by atoms with van der Waals surface area (Å²) in [5.74, 6) is 1.95. The Hall–Kier alpha value is -2.55. The molecule has 99 valence electrons. The van der Waals surface area contributed by atoms with E-state index in [0.717, 1.165) is 10.8 Å². The van der Waals surface area contributed by atoms with Gasteiger partial charge in [0.2, 0.25) is 0 Å². The lowest BCUT2D eigenvalue weighted by Crippen LogP contribution is -1.95. The Morgan fingerprint density at radius 1 is 1.15 bits per heavy atom. The van der Waals surface area contributed by atoms with Gasteiger partial charge in [-0.15, -0.1) is 0 Å². The molecule has 3 nitrogen and oxygen atoms in total. The number of fused-ring (bicyclic) bond motifs is 1. The van der Waals surface area contributed by atoms with E-state index in [-0.39, 0.29) is 0 Å². The van der Waals surface area contributed by atoms with Crippen molar-refractivity contribution in [1.82, 2.24) is 4.98 Å². The lowest BCUT2D eigenvalue weighted by molar-refractivity contribution is 0.321. The van der Waals surface area contributed by atoms with E-state index >= 15 is 0 Å². The smallest absolute Gasteiger partial charge is 0.170 e. The van der Waals surface area contributed by atoms with Gasteiger partial charge in [-0.3, -0.25) is 4.98 Å². The average Bonchev–Trinajstić information content (AvgIpc) is 2.49. The van der Waals surface area contributed by atoms with Gasteiger partial charge in [-0.05, 0) is 35.9 Å². The molecule has 1 heterocycles. The number of pyridine rings is 1. The number of ether oxygens (including phenoxy) is 2. The van der Waals surface area contributed by atoms with Crippen LogP contribution in [0.3, 0.4) is 0 Å². The van der Waals surface area contributed by atoms with Gasteiger partial charge >= 0.3 is 0 Å². The Labute approximate surface area is 117 Å². The first-order chi connectivity index (χ1) is 9.86. The molecule has 1 radical (unpaired) electrons. The monoisotopic (exact) mass is 264 g/mol. The van der Waals surface area contributed by atoms with Crippen LogP contribution >= 0.6 is 0 Å². The lowest BCUT2D eigenvalue weighted by atomic mass is 10.1. The minimum atomic E-state index is 0.568. The third-order valence-electron chi connectivity index (χ3n) is 2.87. The van der Waals surface area contributed by atoms with Crippen molar-refractivity contribution in [3.05, 3.63) is 60.9 Å². The van der Waals surface area contributed by atoms with E-state index in [9.17, 15) is 0 Å². The van der Waals surface area contributed by atoms with Gasteiger partial charge in [-0.25, -0.2) is 0 Å². The molecule has 3 aromatic rings. The first-order valence-electron chi connectivity index (χ1n) is 6.52. The summed E-state index contributed by atoms with van der Waals surface area (Å²) in [4.78, 5) is 4.04. The molecule has 3 heteroatoms. The number of aromatic nitrogens is 1. The Bertz CT molecular complexity index is 711. The average molecular weight is 264 g/mol. The second-order valence-electron chi connectivity index (χ2n) is 4.27. The van der Waals surface area contributed by atoms with Crippen molar-refractivity contribution in [1.29, 1.82) is 0 Å². The van der Waals surface area contributed by atoms with Crippen molar-refractivity contribution in [2.45, 2.75) is 6.92 Å². The fraction of sp³-hybridized carbons (Fsp3) is 0.118. The number of rotatable bonds is 4. The van der Waals surface area contributed by atoms with E-state index in [4.69, 9.17) is 9.47 Å². The van der Waals surface area contributed by atoms with E-state index in [0.29, 0.717) is 23.9 Å². The van der Waals surface area contributed by atoms with Gasteiger partial charge in [0, 0.05) is 12.3 Å². The van der Waals surface area contributed by atoms with Crippen LogP contribution in [0.5, 0.6) is 17.2 Å². The summed E-state index contributed by atoms with van der Waals surface area (Å²) in [6.45, 7) is 2.51. The Balaban J connectivity index is 2.05. The van der Waals surface area contributed by atoms with Crippen molar-refractivity contribution < 1.29 is 9.47 Å². The molecule has 0 bridgehead atoms. The van der Waals surface area contributed by atoms with Gasteiger partial charge < -0.3 is 9.47 Å². The molecule has 0 aliphatic rings. The van der Waals surface area contributed by atoms with E-state index in [1.165, 1.54) is 0 Å². The van der Waals surface area contributed by atoms with E-state index in [1.54, 1.807) is 12.4 Å². The van der Waals surface area contributed by atoms with Crippen LogP contribution < -0.4 is 9.47 Å². The maximum atomic E-state index is 5.85. The SMILES string of the molecule is CCOc1[c]c2ccccc2cc1Oc1cccnc1. The number of nitrogens with zero attached hydrogens (tertiary/aromatic N) is 1. The summed E-state index contributed by atoms with van der Waals surface area (Å²) < 4.78 is 11.5. The fourth-order valence-electron chi connectivity index (χ4n) is 1.99. The molecule has 0 spiro atoms. The van der Waals surface area contributed by atoms with Gasteiger partial charge in [0.15, 0.2) is 11.5 Å². The van der Waals surface area contributed by atoms with Gasteiger partial charge in [-0.2, -0.15) is 0 Å². The topological polar surface area (TPSA) is 31.4 Å². The van der Waals surface area contributed by atoms with E-state index < -0.39 is 0 Å². The molecular formula is C17H14NO2. The number of hydrogen-bond acceptors (Lipinski definition) is 3. The summed E-state index contributed by atoms with van der Waals surface area (Å²) in [7, 11) is 0. The molecular weight excluding hydrogens is 250 g/mol. The minimum absolute atomic E-state index is 0.568. The highest BCUT2D eigenvalue weighted by Gasteiger charge is 2.09. The molecule has 2 aromatic carbocycles. The quantitative estimate of drug-likeness (QED) is 0.706. The van der Waals surface area contributed by atoms with Crippen LogP contribution in [0, 0.1) is 6.07 Å². The second-order valence-corrected chi connectivity index (χ2v) is 4.27. The normalized spacial score (nSPS) is 10.4. The third-order valence-corrected chi connectivity index (χ3v) is 2.87. The molecule has 0 atom stereocenters. The standard InChI is InChI=1S/C17H14NO2/c1-2-19-16-10-13-6-3-4-7-14(13)11-17(16)20-15-8-5-9-18-12-15/h3-9,11-12H,2H2,1H3. The zero-order valence-electron chi connectivity index (χ0n) is 11.2. The summed E-state index contributed by atoms with van der Waals surface area (Å²) >= 11 is 0. The third kappa shape index (κ3) is 2.57. The summed E-state index contributed by atoms with van der Waals surface area (Å²) in [5.41, 5.74) is 0. The van der Waals surface area contributed by atoms with Crippen LogP contribution in [0.2, 0.25) is 0 Å². The molecule has 0 N–H and O–H groups in total. The van der Waals surface area contributed by atoms with Gasteiger partial charge in [0.25, 0.3) is 0 Å². The van der Waals surface area contributed by atoms with Crippen LogP contribution in [0.4, 0.5) is 0 Å². The van der Waals surface area contributed by atoms with E-state index in [2.05, 4.69) is 11.1 Å². The highest BCUT2D eigenvalue weighted by molar-refractivity contribution is 5.85. The molecule has 0 saturated carbocycles. The lowest BCUT2D eigenvalue weighted by Gasteiger charge is -2.12. The molecule has 20 heavy (non-hydrogen) atoms. The highest BCUT2D eigenvalue weighted by atomic mass is 16.5. The van der Waals surface area contributed by atoms with Gasteiger partial charge in [-0.1, -0.05) is 24.3 Å². The molecule has 0 saturated heterocycles. The zero-order chi connectivity index (χ0) is 13.8. The van der Waals surface area contributed by atoms with E-state index in [1.807, 2.05) is 49.4 Å².